The minimum atomic E-state index is -1.09. The summed E-state index contributed by atoms with van der Waals surface area (Å²) in [5.41, 5.74) is 0.507. The number of nitrogens with one attached hydrogen (secondary N) is 1. The van der Waals surface area contributed by atoms with E-state index in [2.05, 4.69) is 21.2 Å². The van der Waals surface area contributed by atoms with Crippen molar-refractivity contribution in [1.82, 2.24) is 10.2 Å². The van der Waals surface area contributed by atoms with Crippen molar-refractivity contribution in [3.8, 4) is 5.75 Å². The van der Waals surface area contributed by atoms with Crippen LogP contribution in [0.15, 0.2) is 65.1 Å². The van der Waals surface area contributed by atoms with Crippen molar-refractivity contribution in [1.29, 1.82) is 0 Å². The molecule has 0 aromatic heterocycles. The second kappa shape index (κ2) is 6.95. The van der Waals surface area contributed by atoms with Crippen LogP contribution in [-0.4, -0.2) is 23.9 Å². The van der Waals surface area contributed by atoms with Gasteiger partial charge in [-0.2, -0.15) is 0 Å². The normalized spacial score (nSPS) is 19.2. The van der Waals surface area contributed by atoms with Gasteiger partial charge in [0.05, 0.1) is 18.1 Å². The van der Waals surface area contributed by atoms with Crippen LogP contribution in [-0.2, 0) is 16.9 Å². The number of benzene rings is 3. The number of methoxy groups -OCH3 is 1. The molecule has 142 valence electrons. The predicted octanol–water partition coefficient (Wildman–Crippen LogP) is 4.58. The second-order valence-electron chi connectivity index (χ2n) is 6.98. The Bertz CT molecular complexity index is 1100. The second-order valence-corrected chi connectivity index (χ2v) is 7.83. The number of rotatable bonds is 4. The van der Waals surface area contributed by atoms with Crippen molar-refractivity contribution < 1.29 is 14.3 Å². The lowest BCUT2D eigenvalue weighted by atomic mass is 9.90. The summed E-state index contributed by atoms with van der Waals surface area (Å²) in [4.78, 5) is 27.1. The molecule has 0 aliphatic carbocycles. The lowest BCUT2D eigenvalue weighted by Gasteiger charge is -2.23. The maximum absolute atomic E-state index is 13.2. The van der Waals surface area contributed by atoms with E-state index < -0.39 is 11.6 Å². The molecule has 0 radical (unpaired) electrons. The zero-order valence-electron chi connectivity index (χ0n) is 15.5. The van der Waals surface area contributed by atoms with Gasteiger partial charge in [-0.1, -0.05) is 42.5 Å². The molecule has 3 amide bonds. The third-order valence-corrected chi connectivity index (χ3v) is 5.78. The number of carbonyl (C=O) groups is 2. The average Bonchev–Trinajstić information content (AvgIpc) is 2.92. The van der Waals surface area contributed by atoms with Gasteiger partial charge in [-0.3, -0.25) is 9.69 Å². The molecule has 0 saturated carbocycles. The molecule has 1 unspecified atom stereocenters. The molecule has 3 aromatic rings. The number of hydrogen-bond donors (Lipinski definition) is 1. The first-order chi connectivity index (χ1) is 13.4. The molecular weight excluding hydrogens is 420 g/mol. The third-order valence-electron chi connectivity index (χ3n) is 5.16. The third kappa shape index (κ3) is 3.03. The lowest BCUT2D eigenvalue weighted by molar-refractivity contribution is -0.131. The Hall–Kier alpha value is -2.86. The van der Waals surface area contributed by atoms with Gasteiger partial charge >= 0.3 is 6.03 Å². The van der Waals surface area contributed by atoms with Crippen LogP contribution in [0.1, 0.15) is 18.1 Å². The van der Waals surface area contributed by atoms with Gasteiger partial charge in [-0.25, -0.2) is 4.79 Å². The van der Waals surface area contributed by atoms with Crippen LogP contribution in [0, 0.1) is 0 Å². The summed E-state index contributed by atoms with van der Waals surface area (Å²) in [5.74, 6) is 0.432. The first-order valence-corrected chi connectivity index (χ1v) is 9.67. The molecule has 3 aromatic carbocycles. The smallest absolute Gasteiger partial charge is 0.325 e. The molecule has 1 N–H and O–H groups in total. The number of fused-ring (bicyclic) bond motifs is 1. The molecular formula is C22H19BrN2O3. The number of ether oxygens (including phenoxy) is 1. The van der Waals surface area contributed by atoms with Gasteiger partial charge in [0.1, 0.15) is 11.3 Å². The molecule has 4 rings (SSSR count). The molecule has 1 saturated heterocycles. The van der Waals surface area contributed by atoms with Crippen molar-refractivity contribution in [3.05, 3.63) is 76.3 Å². The van der Waals surface area contributed by atoms with Crippen LogP contribution in [0.25, 0.3) is 10.8 Å². The van der Waals surface area contributed by atoms with Gasteiger partial charge in [0.2, 0.25) is 0 Å². The Labute approximate surface area is 171 Å². The van der Waals surface area contributed by atoms with Crippen LogP contribution in [0.2, 0.25) is 0 Å². The first kappa shape index (κ1) is 18.5. The van der Waals surface area contributed by atoms with E-state index in [4.69, 9.17) is 4.74 Å². The number of carbonyl (C=O) groups excluding carboxylic acids is 2. The van der Waals surface area contributed by atoms with Gasteiger partial charge < -0.3 is 10.1 Å². The Morgan fingerprint density at radius 3 is 2.50 bits per heavy atom. The number of nitrogens with zero attached hydrogens (tertiary/aromatic N) is 1. The maximum Gasteiger partial charge on any atom is 0.325 e. The van der Waals surface area contributed by atoms with Gasteiger partial charge in [0.25, 0.3) is 5.91 Å². The number of halogens is 1. The molecule has 0 bridgehead atoms. The minimum absolute atomic E-state index is 0.191. The highest BCUT2D eigenvalue weighted by molar-refractivity contribution is 9.10. The van der Waals surface area contributed by atoms with Crippen LogP contribution < -0.4 is 10.1 Å². The summed E-state index contributed by atoms with van der Waals surface area (Å²) in [6.07, 6.45) is 0. The molecule has 1 aliphatic heterocycles. The predicted molar refractivity (Wildman–Crippen MR) is 111 cm³/mol. The Kier molecular flexibility index (Phi) is 4.59. The van der Waals surface area contributed by atoms with Crippen molar-refractivity contribution in [2.24, 2.45) is 0 Å². The Morgan fingerprint density at radius 1 is 1.04 bits per heavy atom. The Balaban J connectivity index is 1.64. The maximum atomic E-state index is 13.2. The van der Waals surface area contributed by atoms with Gasteiger partial charge in [0.15, 0.2) is 0 Å². The van der Waals surface area contributed by atoms with Gasteiger partial charge in [-0.05, 0) is 63.0 Å². The molecule has 0 spiro atoms. The summed E-state index contributed by atoms with van der Waals surface area (Å²) in [7, 11) is 1.59. The molecule has 1 atom stereocenters. The molecule has 5 nitrogen and oxygen atoms in total. The molecule has 6 heteroatoms. The summed E-state index contributed by atoms with van der Waals surface area (Å²) in [5, 5.41) is 4.99. The van der Waals surface area contributed by atoms with Gasteiger partial charge in [-0.15, -0.1) is 0 Å². The van der Waals surface area contributed by atoms with E-state index in [-0.39, 0.29) is 12.5 Å². The van der Waals surface area contributed by atoms with E-state index in [0.29, 0.717) is 5.75 Å². The van der Waals surface area contributed by atoms with Crippen molar-refractivity contribution >= 4 is 38.6 Å². The monoisotopic (exact) mass is 438 g/mol. The molecule has 1 aliphatic rings. The standard InChI is InChI=1S/C22H19BrN2O3/c1-22(17-9-8-15-5-3-4-6-16(15)12-17)20(26)25(21(27)24-22)13-14-7-10-19(28-2)18(23)11-14/h3-12H,13H2,1-2H3,(H,24,27). The highest BCUT2D eigenvalue weighted by Crippen LogP contribution is 2.33. The summed E-state index contributed by atoms with van der Waals surface area (Å²) < 4.78 is 6.01. The minimum Gasteiger partial charge on any atom is -0.496 e. The van der Waals surface area contributed by atoms with Gasteiger partial charge in [0, 0.05) is 0 Å². The summed E-state index contributed by atoms with van der Waals surface area (Å²) in [6, 6.07) is 18.9. The zero-order valence-corrected chi connectivity index (χ0v) is 17.1. The molecule has 28 heavy (non-hydrogen) atoms. The summed E-state index contributed by atoms with van der Waals surface area (Å²) in [6.45, 7) is 1.94. The van der Waals surface area contributed by atoms with Crippen molar-refractivity contribution in [3.63, 3.8) is 0 Å². The number of hydrogen-bond acceptors (Lipinski definition) is 3. The fourth-order valence-corrected chi connectivity index (χ4v) is 4.12. The number of imide groups is 1. The van der Waals surface area contributed by atoms with E-state index in [1.54, 1.807) is 20.1 Å². The SMILES string of the molecule is COc1ccc(CN2C(=O)NC(C)(c3ccc4ccccc4c3)C2=O)cc1Br. The van der Waals surface area contributed by atoms with E-state index in [0.717, 1.165) is 26.4 Å². The van der Waals surface area contributed by atoms with E-state index >= 15 is 0 Å². The fraction of sp³-hybridized carbons (Fsp3) is 0.182. The van der Waals surface area contributed by atoms with Crippen molar-refractivity contribution in [2.75, 3.05) is 7.11 Å². The zero-order chi connectivity index (χ0) is 19.9. The molecule has 1 heterocycles. The van der Waals surface area contributed by atoms with E-state index in [1.807, 2.05) is 54.6 Å². The fourth-order valence-electron chi connectivity index (χ4n) is 3.53. The number of urea groups is 1. The summed E-state index contributed by atoms with van der Waals surface area (Å²) >= 11 is 3.44. The molecule has 1 fully saturated rings. The Morgan fingerprint density at radius 2 is 1.79 bits per heavy atom. The van der Waals surface area contributed by atoms with Crippen LogP contribution >= 0.6 is 15.9 Å². The highest BCUT2D eigenvalue weighted by Gasteiger charge is 2.48. The average molecular weight is 439 g/mol. The first-order valence-electron chi connectivity index (χ1n) is 8.88. The number of amides is 3. The van der Waals surface area contributed by atoms with Crippen molar-refractivity contribution in [2.45, 2.75) is 19.0 Å². The topological polar surface area (TPSA) is 58.6 Å². The quantitative estimate of drug-likeness (QED) is 0.606. The van der Waals surface area contributed by atoms with Crippen LogP contribution in [0.3, 0.4) is 0 Å². The van der Waals surface area contributed by atoms with Crippen LogP contribution in [0.4, 0.5) is 4.79 Å². The van der Waals surface area contributed by atoms with E-state index in [1.165, 1.54) is 4.90 Å². The lowest BCUT2D eigenvalue weighted by Crippen LogP contribution is -2.40. The highest BCUT2D eigenvalue weighted by atomic mass is 79.9. The van der Waals surface area contributed by atoms with Crippen LogP contribution in [0.5, 0.6) is 5.75 Å². The van der Waals surface area contributed by atoms with E-state index in [9.17, 15) is 9.59 Å². The largest absolute Gasteiger partial charge is 0.496 e.